The average molecular weight is 719 g/mol. The van der Waals surface area contributed by atoms with E-state index >= 15 is 0 Å². The highest BCUT2D eigenvalue weighted by Crippen LogP contribution is 2.53. The molecule has 4 aliphatic carbocycles. The van der Waals surface area contributed by atoms with E-state index in [9.17, 15) is 0 Å². The summed E-state index contributed by atoms with van der Waals surface area (Å²) in [6.45, 7) is 9.52. The number of aliphatic imine (C=N–C) groups is 2. The normalized spacial score (nSPS) is 26.7. The van der Waals surface area contributed by atoms with Crippen LogP contribution < -0.4 is 0 Å². The molecule has 1 aliphatic heterocycles. The standard InChI is InChI=1S/C51H50N4/c1-31-13-12-14-36-28-43(40-16-7-9-18-42(40)47(31)36)48-53-49(35-22-20-34(21-23-35)38-27-37-25-32(2)33(3)26-46(37)52-30-38)55(5)50(54-48)44-29-51(4)24-11-10-19-45(51)41-17-8-6-15-39(41)44/h6-10,12,14-23,27-33,45,50H,11,13,24-26H2,1-5H3. The van der Waals surface area contributed by atoms with Crippen molar-refractivity contribution in [2.75, 3.05) is 7.05 Å². The lowest BCUT2D eigenvalue weighted by atomic mass is 9.62. The lowest BCUT2D eigenvalue weighted by Crippen LogP contribution is -2.43. The highest BCUT2D eigenvalue weighted by Gasteiger charge is 2.42. The van der Waals surface area contributed by atoms with Gasteiger partial charge in [0.1, 0.15) is 5.84 Å². The number of benzene rings is 4. The van der Waals surface area contributed by atoms with Gasteiger partial charge in [0.2, 0.25) is 0 Å². The molecule has 0 amide bonds. The number of fused-ring (bicyclic) bond motifs is 7. The molecule has 5 aromatic rings. The fraction of sp³-hybridized carbons (Fsp3) is 0.314. The number of hydrogen-bond donors (Lipinski definition) is 0. The molecule has 4 nitrogen and oxygen atoms in total. The predicted octanol–water partition coefficient (Wildman–Crippen LogP) is 11.8. The molecule has 6 atom stereocenters. The Kier molecular flexibility index (Phi) is 8.17. The third-order valence-electron chi connectivity index (χ3n) is 13.6. The van der Waals surface area contributed by atoms with Crippen molar-refractivity contribution >= 4 is 34.1 Å². The quantitative estimate of drug-likeness (QED) is 0.174. The van der Waals surface area contributed by atoms with Gasteiger partial charge in [-0.1, -0.05) is 131 Å². The minimum absolute atomic E-state index is 0.0174. The van der Waals surface area contributed by atoms with Crippen LogP contribution in [0.2, 0.25) is 0 Å². The summed E-state index contributed by atoms with van der Waals surface area (Å²) >= 11 is 0. The molecule has 4 heteroatoms. The summed E-state index contributed by atoms with van der Waals surface area (Å²) in [6.07, 6.45) is 19.3. The van der Waals surface area contributed by atoms with Gasteiger partial charge in [0.15, 0.2) is 12.0 Å². The molecular formula is C51H50N4. The van der Waals surface area contributed by atoms with E-state index in [1.54, 1.807) is 0 Å². The molecule has 6 unspecified atom stereocenters. The molecule has 0 saturated heterocycles. The molecule has 0 N–H and O–H groups in total. The summed E-state index contributed by atoms with van der Waals surface area (Å²) < 4.78 is 0. The molecule has 1 aromatic heterocycles. The minimum Gasteiger partial charge on any atom is -0.333 e. The van der Waals surface area contributed by atoms with E-state index in [0.717, 1.165) is 54.9 Å². The van der Waals surface area contributed by atoms with Crippen molar-refractivity contribution in [3.05, 3.63) is 160 Å². The molecule has 5 aliphatic rings. The van der Waals surface area contributed by atoms with Crippen molar-refractivity contribution in [2.45, 2.75) is 77.8 Å². The summed E-state index contributed by atoms with van der Waals surface area (Å²) in [4.78, 5) is 18.5. The first-order chi connectivity index (χ1) is 26.8. The minimum atomic E-state index is -0.245. The van der Waals surface area contributed by atoms with Crippen LogP contribution in [0.5, 0.6) is 0 Å². The van der Waals surface area contributed by atoms with Crippen LogP contribution in [0.25, 0.3) is 33.5 Å². The third kappa shape index (κ3) is 5.67. The molecule has 0 saturated carbocycles. The molecule has 274 valence electrons. The van der Waals surface area contributed by atoms with E-state index < -0.39 is 0 Å². The summed E-state index contributed by atoms with van der Waals surface area (Å²) in [5.41, 5.74) is 13.9. The number of nitrogens with zero attached hydrogens (tertiary/aromatic N) is 4. The van der Waals surface area contributed by atoms with Gasteiger partial charge < -0.3 is 4.90 Å². The lowest BCUT2D eigenvalue weighted by molar-refractivity contribution is 0.330. The Morgan fingerprint density at radius 3 is 2.40 bits per heavy atom. The number of hydrogen-bond acceptors (Lipinski definition) is 4. The first-order valence-electron chi connectivity index (χ1n) is 20.4. The first kappa shape index (κ1) is 34.2. The van der Waals surface area contributed by atoms with Crippen LogP contribution in [-0.2, 0) is 12.8 Å². The maximum atomic E-state index is 5.67. The molecule has 55 heavy (non-hydrogen) atoms. The van der Waals surface area contributed by atoms with Crippen LogP contribution in [0, 0.1) is 17.3 Å². The Hall–Kier alpha value is -5.35. The smallest absolute Gasteiger partial charge is 0.160 e. The van der Waals surface area contributed by atoms with Crippen molar-refractivity contribution in [1.29, 1.82) is 0 Å². The van der Waals surface area contributed by atoms with Gasteiger partial charge in [-0.05, 0) is 112 Å². The fourth-order valence-electron chi connectivity index (χ4n) is 10.2. The zero-order chi connectivity index (χ0) is 37.4. The summed E-state index contributed by atoms with van der Waals surface area (Å²) in [5.74, 6) is 3.91. The molecule has 2 heterocycles. The van der Waals surface area contributed by atoms with E-state index in [4.69, 9.17) is 15.0 Å². The Bertz CT molecular complexity index is 2510. The lowest BCUT2D eigenvalue weighted by Gasteiger charge is -2.44. The monoisotopic (exact) mass is 718 g/mol. The second kappa shape index (κ2) is 13.2. The topological polar surface area (TPSA) is 40.9 Å². The zero-order valence-electron chi connectivity index (χ0n) is 32.8. The summed E-state index contributed by atoms with van der Waals surface area (Å²) in [5, 5.41) is 2.52. The maximum absolute atomic E-state index is 5.67. The van der Waals surface area contributed by atoms with Crippen molar-refractivity contribution in [1.82, 2.24) is 9.88 Å². The summed E-state index contributed by atoms with van der Waals surface area (Å²) in [6, 6.07) is 31.6. The van der Waals surface area contributed by atoms with Crippen LogP contribution in [0.1, 0.15) is 103 Å². The molecular weight excluding hydrogens is 669 g/mol. The van der Waals surface area contributed by atoms with E-state index in [1.807, 2.05) is 0 Å². The number of aromatic nitrogens is 1. The molecule has 0 radical (unpaired) electrons. The van der Waals surface area contributed by atoms with Crippen LogP contribution >= 0.6 is 0 Å². The fourth-order valence-corrected chi connectivity index (χ4v) is 10.2. The van der Waals surface area contributed by atoms with Crippen molar-refractivity contribution < 1.29 is 0 Å². The van der Waals surface area contributed by atoms with Gasteiger partial charge in [0.25, 0.3) is 0 Å². The number of allylic oxidation sites excluding steroid dienone is 4. The second-order valence-electron chi connectivity index (χ2n) is 17.3. The number of rotatable bonds is 4. The molecule has 10 rings (SSSR count). The number of pyridine rings is 1. The van der Waals surface area contributed by atoms with E-state index in [1.165, 1.54) is 61.0 Å². The van der Waals surface area contributed by atoms with Gasteiger partial charge in [-0.25, -0.2) is 9.98 Å². The van der Waals surface area contributed by atoms with Crippen molar-refractivity contribution in [3.8, 4) is 11.1 Å². The molecule has 4 aromatic carbocycles. The first-order valence-corrected chi connectivity index (χ1v) is 20.4. The van der Waals surface area contributed by atoms with Crippen LogP contribution in [0.3, 0.4) is 0 Å². The van der Waals surface area contributed by atoms with Crippen molar-refractivity contribution in [3.63, 3.8) is 0 Å². The van der Waals surface area contributed by atoms with Gasteiger partial charge in [-0.3, -0.25) is 4.98 Å². The van der Waals surface area contributed by atoms with Gasteiger partial charge >= 0.3 is 0 Å². The van der Waals surface area contributed by atoms with Gasteiger partial charge in [-0.15, -0.1) is 0 Å². The van der Waals surface area contributed by atoms with Crippen LogP contribution in [-0.4, -0.2) is 34.8 Å². The third-order valence-corrected chi connectivity index (χ3v) is 13.6. The van der Waals surface area contributed by atoms with Gasteiger partial charge in [-0.2, -0.15) is 0 Å². The maximum Gasteiger partial charge on any atom is 0.160 e. The van der Waals surface area contributed by atoms with Gasteiger partial charge in [0.05, 0.1) is 0 Å². The molecule has 0 bridgehead atoms. The van der Waals surface area contributed by atoms with Crippen LogP contribution in [0.15, 0.2) is 125 Å². The van der Waals surface area contributed by atoms with Crippen molar-refractivity contribution in [2.24, 2.45) is 27.2 Å². The molecule has 0 fully saturated rings. The highest BCUT2D eigenvalue weighted by molar-refractivity contribution is 6.19. The van der Waals surface area contributed by atoms with Gasteiger partial charge in [0, 0.05) is 47.1 Å². The number of likely N-dealkylation sites (N-methyl/N-ethyl adjacent to an activating group) is 1. The van der Waals surface area contributed by atoms with E-state index in [2.05, 4.69) is 161 Å². The highest BCUT2D eigenvalue weighted by atomic mass is 15.3. The second-order valence-corrected chi connectivity index (χ2v) is 17.3. The van der Waals surface area contributed by atoms with Crippen LogP contribution in [0.4, 0.5) is 0 Å². The Morgan fingerprint density at radius 1 is 0.782 bits per heavy atom. The number of amidine groups is 2. The molecule has 0 spiro atoms. The average Bonchev–Trinajstić information content (AvgIpc) is 3.20. The SMILES string of the molecule is CC1CC=Cc2cc(C3=NC(C4=CC5(C)CCC=CC5c5ccccc54)N(C)C(c4ccc(-c5cnc6c(c5)CC(C)C(C)C6)cc4)=N3)c3ccccc3c21. The van der Waals surface area contributed by atoms with E-state index in [0.29, 0.717) is 23.7 Å². The Morgan fingerprint density at radius 2 is 1.55 bits per heavy atom. The Balaban J connectivity index is 1.12. The summed E-state index contributed by atoms with van der Waals surface area (Å²) in [7, 11) is 2.18. The predicted molar refractivity (Wildman–Crippen MR) is 230 cm³/mol. The van der Waals surface area contributed by atoms with E-state index in [-0.39, 0.29) is 11.6 Å². The Labute approximate surface area is 326 Å². The zero-order valence-corrected chi connectivity index (χ0v) is 32.8. The largest absolute Gasteiger partial charge is 0.333 e.